The molecule has 2 aliphatic carbocycles. The molecule has 5 heteroatoms. The van der Waals surface area contributed by atoms with Crippen molar-refractivity contribution in [2.75, 3.05) is 5.73 Å². The Morgan fingerprint density at radius 1 is 1.12 bits per heavy atom. The van der Waals surface area contributed by atoms with Crippen LogP contribution in [0, 0.1) is 0 Å². The number of nitrogens with one attached hydrogen (secondary N) is 1. The Balaban J connectivity index is 0.00000169. The summed E-state index contributed by atoms with van der Waals surface area (Å²) in [5.41, 5.74) is 10.5. The largest absolute Gasteiger partial charge is 0.399 e. The summed E-state index contributed by atoms with van der Waals surface area (Å²) in [6, 6.07) is 8.37. The number of aryl methyl sites for hydroxylation is 2. The number of hydrogen-bond acceptors (Lipinski definition) is 3. The van der Waals surface area contributed by atoms with E-state index < -0.39 is 0 Å². The van der Waals surface area contributed by atoms with Crippen LogP contribution in [0.25, 0.3) is 0 Å². The van der Waals surface area contributed by atoms with Crippen LogP contribution in [-0.2, 0) is 17.6 Å². The predicted octanol–water partition coefficient (Wildman–Crippen LogP) is 4.37. The second-order valence-electron chi connectivity index (χ2n) is 6.66. The van der Waals surface area contributed by atoms with Gasteiger partial charge < -0.3 is 11.1 Å². The third-order valence-electron chi connectivity index (χ3n) is 5.17. The Bertz CT molecular complexity index is 743. The first-order valence-electron chi connectivity index (χ1n) is 8.47. The maximum atomic E-state index is 12.9. The number of benzene rings is 1. The van der Waals surface area contributed by atoms with Gasteiger partial charge in [0.15, 0.2) is 0 Å². The molecular weight excluding hydrogens is 340 g/mol. The van der Waals surface area contributed by atoms with Crippen molar-refractivity contribution in [3.05, 3.63) is 51.2 Å². The monoisotopic (exact) mass is 362 g/mol. The quantitative estimate of drug-likeness (QED) is 0.779. The van der Waals surface area contributed by atoms with Crippen molar-refractivity contribution in [1.29, 1.82) is 0 Å². The molecule has 3 N–H and O–H groups in total. The van der Waals surface area contributed by atoms with Crippen LogP contribution in [0.2, 0.25) is 0 Å². The van der Waals surface area contributed by atoms with E-state index in [-0.39, 0.29) is 30.3 Å². The number of halogens is 1. The lowest BCUT2D eigenvalue weighted by molar-refractivity contribution is -0.123. The second-order valence-corrected chi connectivity index (χ2v) is 7.66. The minimum Gasteiger partial charge on any atom is -0.399 e. The highest BCUT2D eigenvalue weighted by molar-refractivity contribution is 7.10. The van der Waals surface area contributed by atoms with E-state index in [1.54, 1.807) is 11.3 Å². The van der Waals surface area contributed by atoms with E-state index in [0.717, 1.165) is 44.2 Å². The Labute approximate surface area is 153 Å². The number of nitrogens with two attached hydrogens (primary N) is 1. The molecule has 0 radical (unpaired) electrons. The average molecular weight is 363 g/mol. The number of carbonyl (C=O) groups is 1. The third kappa shape index (κ3) is 3.17. The Morgan fingerprint density at radius 2 is 1.96 bits per heavy atom. The molecule has 0 saturated carbocycles. The molecule has 1 heterocycles. The lowest BCUT2D eigenvalue weighted by atomic mass is 9.84. The summed E-state index contributed by atoms with van der Waals surface area (Å²) in [5.74, 6) is 0.225. The maximum absolute atomic E-state index is 12.9. The summed E-state index contributed by atoms with van der Waals surface area (Å²) in [6.45, 7) is 0. The number of anilines is 1. The van der Waals surface area contributed by atoms with Gasteiger partial charge in [-0.05, 0) is 78.8 Å². The SMILES string of the molecule is Cl.Nc1ccc2c(c1)CCCC2NC(=O)C1CCCc2sccc21. The Hall–Kier alpha value is -1.52. The highest BCUT2D eigenvalue weighted by Gasteiger charge is 2.30. The topological polar surface area (TPSA) is 55.1 Å². The summed E-state index contributed by atoms with van der Waals surface area (Å²) in [7, 11) is 0. The molecule has 0 saturated heterocycles. The van der Waals surface area contributed by atoms with E-state index in [1.165, 1.54) is 21.6 Å². The molecule has 3 nitrogen and oxygen atoms in total. The summed E-state index contributed by atoms with van der Waals surface area (Å²) in [6.07, 6.45) is 6.40. The van der Waals surface area contributed by atoms with Crippen molar-refractivity contribution in [2.45, 2.75) is 50.5 Å². The zero-order valence-electron chi connectivity index (χ0n) is 13.6. The van der Waals surface area contributed by atoms with Gasteiger partial charge in [-0.25, -0.2) is 0 Å². The molecule has 24 heavy (non-hydrogen) atoms. The molecule has 2 aliphatic rings. The normalized spacial score (nSPS) is 22.0. The number of thiophene rings is 1. The van der Waals surface area contributed by atoms with Gasteiger partial charge in [0.1, 0.15) is 0 Å². The first kappa shape index (κ1) is 17.3. The fourth-order valence-electron chi connectivity index (χ4n) is 4.02. The third-order valence-corrected chi connectivity index (χ3v) is 6.16. The number of hydrogen-bond donors (Lipinski definition) is 2. The zero-order valence-corrected chi connectivity index (χ0v) is 15.2. The fourth-order valence-corrected chi connectivity index (χ4v) is 5.00. The van der Waals surface area contributed by atoms with Crippen LogP contribution < -0.4 is 11.1 Å². The molecule has 0 fully saturated rings. The molecule has 4 rings (SSSR count). The smallest absolute Gasteiger partial charge is 0.228 e. The molecule has 0 spiro atoms. The van der Waals surface area contributed by atoms with Crippen molar-refractivity contribution in [3.63, 3.8) is 0 Å². The molecule has 1 amide bonds. The van der Waals surface area contributed by atoms with Crippen LogP contribution in [0.1, 0.15) is 59.2 Å². The predicted molar refractivity (Wildman–Crippen MR) is 102 cm³/mol. The van der Waals surface area contributed by atoms with Gasteiger partial charge in [-0.1, -0.05) is 6.07 Å². The second kappa shape index (κ2) is 7.16. The van der Waals surface area contributed by atoms with E-state index in [9.17, 15) is 4.79 Å². The van der Waals surface area contributed by atoms with Crippen LogP contribution in [0.3, 0.4) is 0 Å². The molecule has 2 atom stereocenters. The number of amides is 1. The molecule has 2 unspecified atom stereocenters. The summed E-state index contributed by atoms with van der Waals surface area (Å²) >= 11 is 1.79. The first-order valence-corrected chi connectivity index (χ1v) is 9.35. The summed E-state index contributed by atoms with van der Waals surface area (Å²) in [4.78, 5) is 14.3. The van der Waals surface area contributed by atoms with Gasteiger partial charge in [0, 0.05) is 10.6 Å². The van der Waals surface area contributed by atoms with Crippen molar-refractivity contribution < 1.29 is 4.79 Å². The van der Waals surface area contributed by atoms with Gasteiger partial charge in [-0.2, -0.15) is 0 Å². The highest BCUT2D eigenvalue weighted by atomic mass is 35.5. The minimum absolute atomic E-state index is 0. The van der Waals surface area contributed by atoms with E-state index >= 15 is 0 Å². The zero-order chi connectivity index (χ0) is 15.8. The van der Waals surface area contributed by atoms with Crippen LogP contribution in [0.5, 0.6) is 0 Å². The number of fused-ring (bicyclic) bond motifs is 2. The van der Waals surface area contributed by atoms with E-state index in [4.69, 9.17) is 5.73 Å². The van der Waals surface area contributed by atoms with E-state index in [0.29, 0.717) is 0 Å². The van der Waals surface area contributed by atoms with Gasteiger partial charge in [0.2, 0.25) is 5.91 Å². The lowest BCUT2D eigenvalue weighted by Gasteiger charge is -2.29. The summed E-state index contributed by atoms with van der Waals surface area (Å²) in [5, 5.41) is 5.44. The van der Waals surface area contributed by atoms with Gasteiger partial charge in [0.25, 0.3) is 0 Å². The Morgan fingerprint density at radius 3 is 2.83 bits per heavy atom. The fraction of sp³-hybridized carbons (Fsp3) is 0.421. The summed E-state index contributed by atoms with van der Waals surface area (Å²) < 4.78 is 0. The molecule has 1 aromatic heterocycles. The van der Waals surface area contributed by atoms with Gasteiger partial charge >= 0.3 is 0 Å². The maximum Gasteiger partial charge on any atom is 0.228 e. The first-order chi connectivity index (χ1) is 11.2. The van der Waals surface area contributed by atoms with Crippen LogP contribution in [0.4, 0.5) is 5.69 Å². The van der Waals surface area contributed by atoms with Gasteiger partial charge in [0.05, 0.1) is 12.0 Å². The molecule has 0 bridgehead atoms. The van der Waals surface area contributed by atoms with Gasteiger partial charge in [-0.15, -0.1) is 23.7 Å². The standard InChI is InChI=1S/C19H22N2OS.ClH/c20-13-7-8-14-12(11-13)3-1-5-17(14)21-19(22)16-4-2-6-18-15(16)9-10-23-18;/h7-11,16-17H,1-6,20H2,(H,21,22);1H. The number of rotatable bonds is 2. The number of carbonyl (C=O) groups excluding carboxylic acids is 1. The molecule has 128 valence electrons. The molecular formula is C19H23ClN2OS. The van der Waals surface area contributed by atoms with Crippen molar-refractivity contribution >= 4 is 35.3 Å². The van der Waals surface area contributed by atoms with Crippen molar-refractivity contribution in [1.82, 2.24) is 5.32 Å². The van der Waals surface area contributed by atoms with Crippen molar-refractivity contribution in [3.8, 4) is 0 Å². The Kier molecular flexibility index (Phi) is 5.16. The van der Waals surface area contributed by atoms with Crippen molar-refractivity contribution in [2.24, 2.45) is 0 Å². The molecule has 0 aliphatic heterocycles. The molecule has 1 aromatic carbocycles. The van der Waals surface area contributed by atoms with Crippen LogP contribution in [0.15, 0.2) is 29.6 Å². The van der Waals surface area contributed by atoms with Gasteiger partial charge in [-0.3, -0.25) is 4.79 Å². The van der Waals surface area contributed by atoms with Crippen LogP contribution >= 0.6 is 23.7 Å². The van der Waals surface area contributed by atoms with Crippen LogP contribution in [-0.4, -0.2) is 5.91 Å². The molecule has 2 aromatic rings. The highest BCUT2D eigenvalue weighted by Crippen LogP contribution is 2.37. The minimum atomic E-state index is 0. The number of nitrogen functional groups attached to an aromatic ring is 1. The lowest BCUT2D eigenvalue weighted by Crippen LogP contribution is -2.35. The van der Waals surface area contributed by atoms with E-state index in [2.05, 4.69) is 28.9 Å². The van der Waals surface area contributed by atoms with E-state index in [1.807, 2.05) is 6.07 Å². The average Bonchev–Trinajstić information content (AvgIpc) is 3.03.